The van der Waals surface area contributed by atoms with Gasteiger partial charge in [-0.1, -0.05) is 97.8 Å². The van der Waals surface area contributed by atoms with Crippen LogP contribution < -0.4 is 22.1 Å². The predicted octanol–water partition coefficient (Wildman–Crippen LogP) is 4.71. The maximum atomic E-state index is 13.0. The van der Waals surface area contributed by atoms with Crippen LogP contribution in [-0.4, -0.2) is 49.5 Å². The summed E-state index contributed by atoms with van der Waals surface area (Å²) < 4.78 is 4.84. The first-order valence-electron chi connectivity index (χ1n) is 14.9. The van der Waals surface area contributed by atoms with Crippen molar-refractivity contribution >= 4 is 23.7 Å². The average molecular weight is 540 g/mol. The highest BCUT2D eigenvalue weighted by atomic mass is 16.5. The third-order valence-corrected chi connectivity index (χ3v) is 6.61. The van der Waals surface area contributed by atoms with E-state index in [2.05, 4.69) is 22.5 Å². The third-order valence-electron chi connectivity index (χ3n) is 6.61. The fourth-order valence-corrected chi connectivity index (χ4v) is 4.44. The summed E-state index contributed by atoms with van der Waals surface area (Å²) in [6, 6.07) is -1.52. The van der Waals surface area contributed by atoms with Crippen LogP contribution in [0.25, 0.3) is 0 Å². The molecule has 0 heterocycles. The van der Waals surface area contributed by atoms with Crippen LogP contribution in [0.4, 0.5) is 0 Å². The second-order valence-corrected chi connectivity index (χ2v) is 10.8. The van der Waals surface area contributed by atoms with Crippen LogP contribution in [-0.2, 0) is 19.1 Å². The molecule has 0 aliphatic rings. The monoisotopic (exact) mass is 539 g/mol. The molecule has 222 valence electrons. The largest absolute Gasteiger partial charge is 0.467 e. The molecule has 0 aliphatic heterocycles. The molecule has 0 bridgehead atoms. The summed E-state index contributed by atoms with van der Waals surface area (Å²) in [6.07, 6.45) is 18.0. The maximum Gasteiger partial charge on any atom is 0.328 e. The van der Waals surface area contributed by atoms with Crippen LogP contribution in [0, 0.1) is 5.92 Å². The molecule has 0 aromatic carbocycles. The minimum absolute atomic E-state index is 0.0214. The van der Waals surface area contributed by atoms with Crippen LogP contribution in [0.1, 0.15) is 130 Å². The van der Waals surface area contributed by atoms with Crippen LogP contribution in [0.3, 0.4) is 0 Å². The van der Waals surface area contributed by atoms with Crippen molar-refractivity contribution < 1.29 is 19.1 Å². The molecule has 0 saturated carbocycles. The van der Waals surface area contributed by atoms with Crippen molar-refractivity contribution in [3.8, 4) is 0 Å². The molecule has 0 aromatic rings. The summed E-state index contributed by atoms with van der Waals surface area (Å²) in [6.45, 7) is 6.58. The second kappa shape index (κ2) is 23.8. The lowest BCUT2D eigenvalue weighted by molar-refractivity contribution is -0.145. The van der Waals surface area contributed by atoms with Crippen molar-refractivity contribution in [3.63, 3.8) is 0 Å². The normalized spacial score (nSPS) is 12.6. The van der Waals surface area contributed by atoms with Gasteiger partial charge in [0.2, 0.25) is 11.8 Å². The summed E-state index contributed by atoms with van der Waals surface area (Å²) in [5.74, 6) is -0.872. The first-order chi connectivity index (χ1) is 18.2. The summed E-state index contributed by atoms with van der Waals surface area (Å²) >= 11 is 0. The molecule has 9 heteroatoms. The molecule has 2 unspecified atom stereocenters. The number of ether oxygens (including phenoxy) is 1. The highest BCUT2D eigenvalue weighted by Crippen LogP contribution is 2.13. The minimum Gasteiger partial charge on any atom is -0.467 e. The lowest BCUT2D eigenvalue weighted by Crippen LogP contribution is -2.52. The van der Waals surface area contributed by atoms with E-state index in [1.165, 1.54) is 71.3 Å². The van der Waals surface area contributed by atoms with Gasteiger partial charge in [-0.3, -0.25) is 14.6 Å². The van der Waals surface area contributed by atoms with Gasteiger partial charge in [-0.05, 0) is 31.6 Å². The lowest BCUT2D eigenvalue weighted by Gasteiger charge is -2.23. The van der Waals surface area contributed by atoms with Crippen molar-refractivity contribution in [2.45, 2.75) is 142 Å². The molecule has 6 N–H and O–H groups in total. The number of methoxy groups -OCH3 is 1. The molecule has 0 aromatic heterocycles. The van der Waals surface area contributed by atoms with Crippen molar-refractivity contribution in [1.82, 2.24) is 10.6 Å². The number of aliphatic imine (C=N–C) groups is 1. The molecular formula is C29H57N5O4. The van der Waals surface area contributed by atoms with Crippen LogP contribution >= 0.6 is 0 Å². The number of amides is 2. The number of carbonyl (C=O) groups is 3. The van der Waals surface area contributed by atoms with Gasteiger partial charge in [-0.15, -0.1) is 0 Å². The Kier molecular flexibility index (Phi) is 22.3. The number of guanidine groups is 1. The molecular weight excluding hydrogens is 482 g/mol. The first kappa shape index (κ1) is 35.7. The number of hydrogen-bond acceptors (Lipinski definition) is 5. The van der Waals surface area contributed by atoms with E-state index in [1.807, 2.05) is 13.8 Å². The Hall–Kier alpha value is -2.32. The standard InChI is InChI=1S/C29H57N5O4/c1-5-6-7-8-9-10-11-12-13-14-15-16-17-20-26(35)33-25(22-23(2)3)27(36)34-24(28(37)38-4)19-18-21-32-29(30)31/h23-25H,5-22H2,1-4H3,(H,33,35)(H,34,36)(H4,30,31,32). The van der Waals surface area contributed by atoms with Gasteiger partial charge < -0.3 is 26.8 Å². The van der Waals surface area contributed by atoms with Crippen LogP contribution in [0.15, 0.2) is 4.99 Å². The first-order valence-corrected chi connectivity index (χ1v) is 14.9. The van der Waals surface area contributed by atoms with E-state index in [0.29, 0.717) is 32.2 Å². The van der Waals surface area contributed by atoms with Gasteiger partial charge in [-0.2, -0.15) is 0 Å². The van der Waals surface area contributed by atoms with Gasteiger partial charge >= 0.3 is 5.97 Å². The third kappa shape index (κ3) is 20.7. The smallest absolute Gasteiger partial charge is 0.328 e. The number of esters is 1. The fourth-order valence-electron chi connectivity index (χ4n) is 4.44. The molecule has 2 atom stereocenters. The summed E-state index contributed by atoms with van der Waals surface area (Å²) in [7, 11) is 1.28. The van der Waals surface area contributed by atoms with Crippen molar-refractivity contribution in [3.05, 3.63) is 0 Å². The molecule has 0 fully saturated rings. The Labute approximate surface area is 231 Å². The Balaban J connectivity index is 4.35. The maximum absolute atomic E-state index is 13.0. The van der Waals surface area contributed by atoms with Gasteiger partial charge in [0.1, 0.15) is 12.1 Å². The molecule has 0 rings (SSSR count). The molecule has 2 amide bonds. The summed E-state index contributed by atoms with van der Waals surface area (Å²) in [4.78, 5) is 41.6. The Morgan fingerprint density at radius 1 is 0.763 bits per heavy atom. The van der Waals surface area contributed by atoms with Crippen molar-refractivity contribution in [2.24, 2.45) is 22.4 Å². The van der Waals surface area contributed by atoms with Crippen molar-refractivity contribution in [2.75, 3.05) is 13.7 Å². The highest BCUT2D eigenvalue weighted by Gasteiger charge is 2.27. The number of rotatable bonds is 24. The molecule has 0 saturated heterocycles. The zero-order valence-corrected chi connectivity index (χ0v) is 24.7. The zero-order valence-electron chi connectivity index (χ0n) is 24.7. The quantitative estimate of drug-likeness (QED) is 0.0604. The molecule has 38 heavy (non-hydrogen) atoms. The van der Waals surface area contributed by atoms with Gasteiger partial charge in [0.25, 0.3) is 0 Å². The van der Waals surface area contributed by atoms with E-state index < -0.39 is 18.1 Å². The van der Waals surface area contributed by atoms with E-state index in [1.54, 1.807) is 0 Å². The molecule has 0 spiro atoms. The summed E-state index contributed by atoms with van der Waals surface area (Å²) in [5, 5.41) is 5.62. The molecule has 9 nitrogen and oxygen atoms in total. The Bertz CT molecular complexity index is 665. The Morgan fingerprint density at radius 2 is 1.29 bits per heavy atom. The average Bonchev–Trinajstić information content (AvgIpc) is 2.87. The van der Waals surface area contributed by atoms with E-state index in [9.17, 15) is 14.4 Å². The zero-order chi connectivity index (χ0) is 28.6. The van der Waals surface area contributed by atoms with E-state index >= 15 is 0 Å². The van der Waals surface area contributed by atoms with E-state index in [4.69, 9.17) is 16.2 Å². The number of nitrogens with one attached hydrogen (secondary N) is 2. The summed E-state index contributed by atoms with van der Waals surface area (Å²) in [5.41, 5.74) is 10.7. The lowest BCUT2D eigenvalue weighted by atomic mass is 10.0. The van der Waals surface area contributed by atoms with Gasteiger partial charge in [0, 0.05) is 13.0 Å². The Morgan fingerprint density at radius 3 is 1.76 bits per heavy atom. The number of nitrogens with two attached hydrogens (primary N) is 2. The highest BCUT2D eigenvalue weighted by molar-refractivity contribution is 5.90. The SMILES string of the molecule is CCCCCCCCCCCCCCCC(=O)NC(CC(C)C)C(=O)NC(CCCN=C(N)N)C(=O)OC. The molecule has 0 aliphatic carbocycles. The van der Waals surface area contributed by atoms with Gasteiger partial charge in [-0.25, -0.2) is 4.79 Å². The second-order valence-electron chi connectivity index (χ2n) is 10.8. The fraction of sp³-hybridized carbons (Fsp3) is 0.862. The van der Waals surface area contributed by atoms with E-state index in [0.717, 1.165) is 19.3 Å². The van der Waals surface area contributed by atoms with Crippen LogP contribution in [0.5, 0.6) is 0 Å². The van der Waals surface area contributed by atoms with E-state index in [-0.39, 0.29) is 23.7 Å². The number of hydrogen-bond donors (Lipinski definition) is 4. The van der Waals surface area contributed by atoms with Gasteiger partial charge in [0.05, 0.1) is 7.11 Å². The van der Waals surface area contributed by atoms with Crippen molar-refractivity contribution in [1.29, 1.82) is 0 Å². The van der Waals surface area contributed by atoms with Gasteiger partial charge in [0.15, 0.2) is 5.96 Å². The molecule has 0 radical (unpaired) electrons. The van der Waals surface area contributed by atoms with Crippen LogP contribution in [0.2, 0.25) is 0 Å². The predicted molar refractivity (Wildman–Crippen MR) is 156 cm³/mol. The number of nitrogens with zero attached hydrogens (tertiary/aromatic N) is 1. The number of unbranched alkanes of at least 4 members (excludes halogenated alkanes) is 12. The topological polar surface area (TPSA) is 149 Å². The minimum atomic E-state index is -0.825. The number of carbonyl (C=O) groups excluding carboxylic acids is 3.